The number of hydrogen-bond acceptors (Lipinski definition) is 2. The molecule has 0 saturated carbocycles. The van der Waals surface area contributed by atoms with Crippen LogP contribution < -0.4 is 0 Å². The molecule has 3 nitrogen and oxygen atoms in total. The second kappa shape index (κ2) is 5.63. The first-order chi connectivity index (χ1) is 8.96. The molecule has 1 aliphatic rings. The molecule has 1 heterocycles. The van der Waals surface area contributed by atoms with Crippen molar-refractivity contribution in [2.75, 3.05) is 13.1 Å². The minimum atomic E-state index is -0.680. The van der Waals surface area contributed by atoms with Gasteiger partial charge in [0.15, 0.2) is 0 Å². The second-order valence-electron chi connectivity index (χ2n) is 5.56. The fourth-order valence-corrected chi connectivity index (χ4v) is 3.09. The van der Waals surface area contributed by atoms with E-state index < -0.39 is 11.4 Å². The van der Waals surface area contributed by atoms with Gasteiger partial charge in [0.1, 0.15) is 0 Å². The van der Waals surface area contributed by atoms with Crippen LogP contribution in [0.25, 0.3) is 0 Å². The Morgan fingerprint density at radius 3 is 2.58 bits per heavy atom. The van der Waals surface area contributed by atoms with Crippen LogP contribution in [0, 0.1) is 5.41 Å². The highest BCUT2D eigenvalue weighted by atomic mass is 79.9. The van der Waals surface area contributed by atoms with Crippen LogP contribution in [-0.2, 0) is 4.79 Å². The number of carbonyl (C=O) groups is 1. The SMILES string of the molecule is CCC(c1ccc(Br)cc1)N1CCC(C)(C(=O)O)C1. The quantitative estimate of drug-likeness (QED) is 0.917. The lowest BCUT2D eigenvalue weighted by Crippen LogP contribution is -2.33. The molecule has 0 spiro atoms. The van der Waals surface area contributed by atoms with Gasteiger partial charge in [-0.25, -0.2) is 0 Å². The zero-order valence-corrected chi connectivity index (χ0v) is 13.0. The summed E-state index contributed by atoms with van der Waals surface area (Å²) in [6, 6.07) is 8.65. The summed E-state index contributed by atoms with van der Waals surface area (Å²) < 4.78 is 1.07. The highest BCUT2D eigenvalue weighted by Crippen LogP contribution is 2.37. The molecule has 0 aliphatic carbocycles. The van der Waals surface area contributed by atoms with Gasteiger partial charge in [0, 0.05) is 17.1 Å². The van der Waals surface area contributed by atoms with Crippen molar-refractivity contribution in [1.29, 1.82) is 0 Å². The molecule has 0 amide bonds. The summed E-state index contributed by atoms with van der Waals surface area (Å²) in [6.45, 7) is 5.50. The van der Waals surface area contributed by atoms with Crippen molar-refractivity contribution in [1.82, 2.24) is 4.90 Å². The Balaban J connectivity index is 2.16. The minimum absolute atomic E-state index is 0.314. The predicted octanol–water partition coefficient (Wildman–Crippen LogP) is 3.70. The summed E-state index contributed by atoms with van der Waals surface area (Å²) in [5, 5.41) is 9.32. The summed E-state index contributed by atoms with van der Waals surface area (Å²) in [7, 11) is 0. The van der Waals surface area contributed by atoms with E-state index in [1.54, 1.807) is 0 Å². The van der Waals surface area contributed by atoms with E-state index in [4.69, 9.17) is 0 Å². The Morgan fingerprint density at radius 1 is 1.47 bits per heavy atom. The summed E-state index contributed by atoms with van der Waals surface area (Å²) in [5.74, 6) is -0.680. The van der Waals surface area contributed by atoms with E-state index in [0.717, 1.165) is 23.9 Å². The van der Waals surface area contributed by atoms with Gasteiger partial charge >= 0.3 is 5.97 Å². The van der Waals surface area contributed by atoms with Crippen LogP contribution in [0.4, 0.5) is 0 Å². The maximum absolute atomic E-state index is 11.3. The number of halogens is 1. The Morgan fingerprint density at radius 2 is 2.11 bits per heavy atom. The zero-order chi connectivity index (χ0) is 14.0. The maximum Gasteiger partial charge on any atom is 0.310 e. The van der Waals surface area contributed by atoms with E-state index in [-0.39, 0.29) is 0 Å². The lowest BCUT2D eigenvalue weighted by atomic mass is 9.90. The van der Waals surface area contributed by atoms with Gasteiger partial charge in [0.2, 0.25) is 0 Å². The summed E-state index contributed by atoms with van der Waals surface area (Å²) in [6.07, 6.45) is 1.73. The smallest absolute Gasteiger partial charge is 0.310 e. The van der Waals surface area contributed by atoms with E-state index in [9.17, 15) is 9.90 Å². The molecule has 0 radical (unpaired) electrons. The van der Waals surface area contributed by atoms with Crippen LogP contribution in [0.15, 0.2) is 28.7 Å². The minimum Gasteiger partial charge on any atom is -0.481 e. The van der Waals surface area contributed by atoms with Crippen molar-refractivity contribution in [3.63, 3.8) is 0 Å². The molecule has 1 aliphatic heterocycles. The van der Waals surface area contributed by atoms with Crippen LogP contribution >= 0.6 is 15.9 Å². The lowest BCUT2D eigenvalue weighted by Gasteiger charge is -2.28. The first-order valence-corrected chi connectivity index (χ1v) is 7.48. The van der Waals surface area contributed by atoms with Crippen LogP contribution in [-0.4, -0.2) is 29.1 Å². The second-order valence-corrected chi connectivity index (χ2v) is 6.48. The lowest BCUT2D eigenvalue weighted by molar-refractivity contribution is -0.147. The van der Waals surface area contributed by atoms with Gasteiger partial charge in [-0.2, -0.15) is 0 Å². The summed E-state index contributed by atoms with van der Waals surface area (Å²) in [5.41, 5.74) is 0.670. The number of benzene rings is 1. The van der Waals surface area contributed by atoms with Crippen molar-refractivity contribution >= 4 is 21.9 Å². The average Bonchev–Trinajstić information content (AvgIpc) is 2.77. The van der Waals surface area contributed by atoms with E-state index in [2.05, 4.69) is 39.9 Å². The van der Waals surface area contributed by atoms with E-state index in [0.29, 0.717) is 12.6 Å². The van der Waals surface area contributed by atoms with E-state index in [1.807, 2.05) is 19.1 Å². The molecule has 0 aromatic heterocycles. The highest BCUT2D eigenvalue weighted by molar-refractivity contribution is 9.10. The van der Waals surface area contributed by atoms with Crippen LogP contribution in [0.2, 0.25) is 0 Å². The Hall–Kier alpha value is -0.870. The topological polar surface area (TPSA) is 40.5 Å². The van der Waals surface area contributed by atoms with Crippen LogP contribution in [0.1, 0.15) is 38.3 Å². The van der Waals surface area contributed by atoms with Gasteiger partial charge in [0.25, 0.3) is 0 Å². The summed E-state index contributed by atoms with van der Waals surface area (Å²) in [4.78, 5) is 13.6. The molecule has 1 saturated heterocycles. The van der Waals surface area contributed by atoms with E-state index in [1.165, 1.54) is 5.56 Å². The van der Waals surface area contributed by atoms with E-state index >= 15 is 0 Å². The molecule has 1 fully saturated rings. The third-order valence-corrected chi connectivity index (χ3v) is 4.63. The van der Waals surface area contributed by atoms with Crippen molar-refractivity contribution in [3.8, 4) is 0 Å². The van der Waals surface area contributed by atoms with Gasteiger partial charge in [0.05, 0.1) is 5.41 Å². The summed E-state index contributed by atoms with van der Waals surface area (Å²) >= 11 is 3.45. The number of likely N-dealkylation sites (tertiary alicyclic amines) is 1. The fourth-order valence-electron chi connectivity index (χ4n) is 2.83. The molecule has 1 aromatic carbocycles. The number of nitrogens with zero attached hydrogens (tertiary/aromatic N) is 1. The average molecular weight is 326 g/mol. The molecule has 4 heteroatoms. The van der Waals surface area contributed by atoms with Gasteiger partial charge in [-0.15, -0.1) is 0 Å². The van der Waals surface area contributed by atoms with Gasteiger partial charge in [-0.3, -0.25) is 9.69 Å². The monoisotopic (exact) mass is 325 g/mol. The first kappa shape index (κ1) is 14.5. The molecule has 19 heavy (non-hydrogen) atoms. The van der Waals surface area contributed by atoms with Crippen molar-refractivity contribution in [2.24, 2.45) is 5.41 Å². The molecule has 104 valence electrons. The molecule has 2 unspecified atom stereocenters. The highest BCUT2D eigenvalue weighted by Gasteiger charge is 2.42. The molecule has 2 rings (SSSR count). The number of hydrogen-bond donors (Lipinski definition) is 1. The fraction of sp³-hybridized carbons (Fsp3) is 0.533. The van der Waals surface area contributed by atoms with Crippen molar-refractivity contribution in [2.45, 2.75) is 32.7 Å². The van der Waals surface area contributed by atoms with Crippen LogP contribution in [0.5, 0.6) is 0 Å². The maximum atomic E-state index is 11.3. The number of aliphatic carboxylic acids is 1. The Kier molecular flexibility index (Phi) is 4.31. The third-order valence-electron chi connectivity index (χ3n) is 4.10. The van der Waals surface area contributed by atoms with Gasteiger partial charge < -0.3 is 5.11 Å². The molecule has 2 atom stereocenters. The van der Waals surface area contributed by atoms with Crippen molar-refractivity contribution in [3.05, 3.63) is 34.3 Å². The molecule has 0 bridgehead atoms. The largest absolute Gasteiger partial charge is 0.481 e. The standard InChI is InChI=1S/C15H20BrNO2/c1-3-13(11-4-6-12(16)7-5-11)17-9-8-15(2,10-17)14(18)19/h4-7,13H,3,8-10H2,1-2H3,(H,18,19). The van der Waals surface area contributed by atoms with Crippen LogP contribution in [0.3, 0.4) is 0 Å². The van der Waals surface area contributed by atoms with Gasteiger partial charge in [-0.1, -0.05) is 35.0 Å². The van der Waals surface area contributed by atoms with Gasteiger partial charge in [-0.05, 0) is 44.0 Å². The predicted molar refractivity (Wildman–Crippen MR) is 79.1 cm³/mol. The third kappa shape index (κ3) is 3.00. The molecule has 1 N–H and O–H groups in total. The first-order valence-electron chi connectivity index (χ1n) is 6.69. The normalized spacial score (nSPS) is 25.4. The number of carboxylic acid groups (broad SMARTS) is 1. The zero-order valence-electron chi connectivity index (χ0n) is 11.4. The molecular formula is C15H20BrNO2. The Bertz CT molecular complexity index is 460. The number of carboxylic acids is 1. The molecule has 1 aromatic rings. The number of rotatable bonds is 4. The van der Waals surface area contributed by atoms with Crippen molar-refractivity contribution < 1.29 is 9.90 Å². The molecular weight excluding hydrogens is 306 g/mol. The Labute approximate surface area is 122 Å².